The zero-order chi connectivity index (χ0) is 9.97. The fourth-order valence-electron chi connectivity index (χ4n) is 1.15. The molecule has 2 radical (unpaired) electrons. The first-order chi connectivity index (χ1) is 6.81. The highest BCUT2D eigenvalue weighted by atomic mass is 16.7. The summed E-state index contributed by atoms with van der Waals surface area (Å²) in [5, 5.41) is 4.49. The second-order valence-corrected chi connectivity index (χ2v) is 2.79. The lowest BCUT2D eigenvalue weighted by atomic mass is 9.95. The minimum absolute atomic E-state index is 0.135. The first-order valence-corrected chi connectivity index (χ1v) is 4.08. The Kier molecular flexibility index (Phi) is 2.41. The Hall–Kier alpha value is -1.49. The standard InChI is InChI=1S/C9H8BNO3/c1-12-5-13-9-7-4-6(10)2-3-8(7)14-11-9/h2-4H,5H2,1H3. The van der Waals surface area contributed by atoms with Crippen molar-refractivity contribution in [1.29, 1.82) is 0 Å². The van der Waals surface area contributed by atoms with Gasteiger partial charge in [0.1, 0.15) is 7.85 Å². The lowest BCUT2D eigenvalue weighted by molar-refractivity contribution is 0.0463. The van der Waals surface area contributed by atoms with E-state index in [0.717, 1.165) is 5.39 Å². The summed E-state index contributed by atoms with van der Waals surface area (Å²) >= 11 is 0. The Morgan fingerprint density at radius 1 is 1.50 bits per heavy atom. The number of fused-ring (bicyclic) bond motifs is 1. The first-order valence-electron chi connectivity index (χ1n) is 4.08. The van der Waals surface area contributed by atoms with Crippen LogP contribution in [0.4, 0.5) is 0 Å². The molecule has 0 N–H and O–H groups in total. The molecule has 0 unspecified atom stereocenters. The molecule has 4 nitrogen and oxygen atoms in total. The maximum atomic E-state index is 5.62. The van der Waals surface area contributed by atoms with Crippen LogP contribution in [0.15, 0.2) is 22.7 Å². The van der Waals surface area contributed by atoms with Gasteiger partial charge in [-0.05, 0) is 11.2 Å². The molecular formula is C9H8BNO3. The van der Waals surface area contributed by atoms with Crippen LogP contribution in [-0.2, 0) is 4.74 Å². The first kappa shape index (κ1) is 9.08. The third kappa shape index (κ3) is 1.58. The Morgan fingerprint density at radius 3 is 3.14 bits per heavy atom. The number of methoxy groups -OCH3 is 1. The van der Waals surface area contributed by atoms with Crippen molar-refractivity contribution in [1.82, 2.24) is 5.16 Å². The molecule has 2 rings (SSSR count). The number of hydrogen-bond acceptors (Lipinski definition) is 4. The number of rotatable bonds is 3. The van der Waals surface area contributed by atoms with Crippen LogP contribution in [0, 0.1) is 0 Å². The summed E-state index contributed by atoms with van der Waals surface area (Å²) in [4.78, 5) is 0. The van der Waals surface area contributed by atoms with E-state index in [1.165, 1.54) is 7.11 Å². The summed E-state index contributed by atoms with van der Waals surface area (Å²) in [5.41, 5.74) is 1.29. The predicted octanol–water partition coefficient (Wildman–Crippen LogP) is 0.604. The number of nitrogens with zero attached hydrogens (tertiary/aromatic N) is 1. The average molecular weight is 189 g/mol. The summed E-state index contributed by atoms with van der Waals surface area (Å²) in [6, 6.07) is 5.24. The highest BCUT2D eigenvalue weighted by molar-refractivity contribution is 6.33. The van der Waals surface area contributed by atoms with E-state index in [0.29, 0.717) is 16.9 Å². The second-order valence-electron chi connectivity index (χ2n) is 2.79. The summed E-state index contributed by atoms with van der Waals surface area (Å²) in [7, 11) is 7.16. The normalized spacial score (nSPS) is 10.6. The molecule has 0 amide bonds. The molecule has 0 saturated heterocycles. The van der Waals surface area contributed by atoms with E-state index in [1.54, 1.807) is 18.2 Å². The maximum absolute atomic E-state index is 5.62. The van der Waals surface area contributed by atoms with Gasteiger partial charge in [-0.25, -0.2) is 0 Å². The van der Waals surface area contributed by atoms with Crippen molar-refractivity contribution < 1.29 is 14.0 Å². The minimum Gasteiger partial charge on any atom is -0.448 e. The molecule has 0 spiro atoms. The van der Waals surface area contributed by atoms with Crippen molar-refractivity contribution in [3.63, 3.8) is 0 Å². The largest absolute Gasteiger partial charge is 0.448 e. The van der Waals surface area contributed by atoms with Gasteiger partial charge in [0, 0.05) is 7.11 Å². The lowest BCUT2D eigenvalue weighted by Gasteiger charge is -1.99. The molecule has 0 aliphatic heterocycles. The van der Waals surface area contributed by atoms with E-state index in [-0.39, 0.29) is 6.79 Å². The molecule has 0 saturated carbocycles. The van der Waals surface area contributed by atoms with E-state index in [1.807, 2.05) is 0 Å². The van der Waals surface area contributed by atoms with E-state index in [2.05, 4.69) is 5.16 Å². The monoisotopic (exact) mass is 189 g/mol. The van der Waals surface area contributed by atoms with Gasteiger partial charge in [-0.15, -0.1) is 0 Å². The number of ether oxygens (including phenoxy) is 2. The zero-order valence-corrected chi connectivity index (χ0v) is 7.69. The SMILES string of the molecule is [B]c1ccc2onc(OCOC)c2c1. The highest BCUT2D eigenvalue weighted by Gasteiger charge is 2.08. The van der Waals surface area contributed by atoms with Gasteiger partial charge in [0.25, 0.3) is 5.88 Å². The Bertz CT molecular complexity index is 441. The molecular weight excluding hydrogens is 181 g/mol. The quantitative estimate of drug-likeness (QED) is 0.523. The predicted molar refractivity (Wildman–Crippen MR) is 51.9 cm³/mol. The summed E-state index contributed by atoms with van der Waals surface area (Å²) in [6.45, 7) is 0.135. The maximum Gasteiger partial charge on any atom is 0.264 e. The van der Waals surface area contributed by atoms with Gasteiger partial charge in [0.05, 0.1) is 5.39 Å². The Labute approximate surface area is 82.2 Å². The van der Waals surface area contributed by atoms with Gasteiger partial charge in [-0.3, -0.25) is 0 Å². The fourth-order valence-corrected chi connectivity index (χ4v) is 1.15. The molecule has 14 heavy (non-hydrogen) atoms. The van der Waals surface area contributed by atoms with Gasteiger partial charge in [0.2, 0.25) is 0 Å². The lowest BCUT2D eigenvalue weighted by Crippen LogP contribution is -2.01. The van der Waals surface area contributed by atoms with E-state index in [9.17, 15) is 0 Å². The minimum atomic E-state index is 0.135. The van der Waals surface area contributed by atoms with Crippen molar-refractivity contribution in [2.75, 3.05) is 13.9 Å². The van der Waals surface area contributed by atoms with E-state index < -0.39 is 0 Å². The van der Waals surface area contributed by atoms with Crippen molar-refractivity contribution in [2.45, 2.75) is 0 Å². The smallest absolute Gasteiger partial charge is 0.264 e. The van der Waals surface area contributed by atoms with Crippen molar-refractivity contribution in [3.05, 3.63) is 18.2 Å². The summed E-state index contributed by atoms with van der Waals surface area (Å²) < 4.78 is 15.0. The van der Waals surface area contributed by atoms with Gasteiger partial charge >= 0.3 is 0 Å². The molecule has 70 valence electrons. The van der Waals surface area contributed by atoms with Crippen LogP contribution in [0.3, 0.4) is 0 Å². The highest BCUT2D eigenvalue weighted by Crippen LogP contribution is 2.23. The van der Waals surface area contributed by atoms with Crippen LogP contribution in [-0.4, -0.2) is 26.9 Å². The van der Waals surface area contributed by atoms with Crippen molar-refractivity contribution >= 4 is 24.3 Å². The molecule has 1 aromatic heterocycles. The van der Waals surface area contributed by atoms with Gasteiger partial charge in [-0.2, -0.15) is 0 Å². The van der Waals surface area contributed by atoms with Crippen molar-refractivity contribution in [3.8, 4) is 5.88 Å². The van der Waals surface area contributed by atoms with Crippen LogP contribution in [0.25, 0.3) is 11.0 Å². The summed E-state index contributed by atoms with van der Waals surface area (Å²) in [6.07, 6.45) is 0. The third-order valence-corrected chi connectivity index (χ3v) is 1.77. The average Bonchev–Trinajstić information content (AvgIpc) is 2.57. The number of aromatic nitrogens is 1. The van der Waals surface area contributed by atoms with Crippen LogP contribution >= 0.6 is 0 Å². The molecule has 2 aromatic rings. The van der Waals surface area contributed by atoms with Gasteiger partial charge in [-0.1, -0.05) is 17.6 Å². The molecule has 1 aromatic carbocycles. The molecule has 1 heterocycles. The molecule has 0 aliphatic carbocycles. The third-order valence-electron chi connectivity index (χ3n) is 1.77. The topological polar surface area (TPSA) is 44.5 Å². The number of benzene rings is 1. The van der Waals surface area contributed by atoms with Gasteiger partial charge < -0.3 is 14.0 Å². The molecule has 0 atom stereocenters. The van der Waals surface area contributed by atoms with E-state index in [4.69, 9.17) is 21.8 Å². The molecule has 0 bridgehead atoms. The fraction of sp³-hybridized carbons (Fsp3) is 0.222. The zero-order valence-electron chi connectivity index (χ0n) is 7.69. The Balaban J connectivity index is 2.40. The molecule has 5 heteroatoms. The van der Waals surface area contributed by atoms with Crippen LogP contribution in [0.2, 0.25) is 0 Å². The molecule has 0 aliphatic rings. The number of hydrogen-bond donors (Lipinski definition) is 0. The van der Waals surface area contributed by atoms with Gasteiger partial charge in [0.15, 0.2) is 12.4 Å². The van der Waals surface area contributed by atoms with Crippen LogP contribution in [0.5, 0.6) is 5.88 Å². The molecule has 0 fully saturated rings. The van der Waals surface area contributed by atoms with Crippen molar-refractivity contribution in [2.24, 2.45) is 0 Å². The second kappa shape index (κ2) is 3.71. The van der Waals surface area contributed by atoms with Crippen LogP contribution in [0.1, 0.15) is 0 Å². The Morgan fingerprint density at radius 2 is 2.36 bits per heavy atom. The van der Waals surface area contributed by atoms with E-state index >= 15 is 0 Å². The summed E-state index contributed by atoms with van der Waals surface area (Å²) in [5.74, 6) is 0.397. The van der Waals surface area contributed by atoms with Crippen LogP contribution < -0.4 is 10.2 Å².